The zero-order valence-electron chi connectivity index (χ0n) is 10.2. The van der Waals surface area contributed by atoms with Crippen molar-refractivity contribution < 1.29 is 20.2 Å². The first kappa shape index (κ1) is 15.2. The highest BCUT2D eigenvalue weighted by Gasteiger charge is 2.15. The van der Waals surface area contributed by atoms with Gasteiger partial charge in [-0.05, 0) is 12.1 Å². The molecule has 1 aromatic carbocycles. The van der Waals surface area contributed by atoms with Crippen molar-refractivity contribution in [3.63, 3.8) is 0 Å². The maximum Gasteiger partial charge on any atom is 0.294 e. The molecule has 0 aliphatic rings. The van der Waals surface area contributed by atoms with Crippen molar-refractivity contribution in [1.82, 2.24) is 0 Å². The summed E-state index contributed by atoms with van der Waals surface area (Å²) in [6.07, 6.45) is -0.980. The molecule has 0 aliphatic carbocycles. The van der Waals surface area contributed by atoms with Crippen LogP contribution in [0.1, 0.15) is 0 Å². The molecule has 0 amide bonds. The second-order valence-corrected chi connectivity index (χ2v) is 3.86. The minimum atomic E-state index is -0.980. The minimum Gasteiger partial charge on any atom is -0.395 e. The van der Waals surface area contributed by atoms with Gasteiger partial charge in [0.15, 0.2) is 0 Å². The lowest BCUT2D eigenvalue weighted by Gasteiger charge is -2.11. The van der Waals surface area contributed by atoms with Crippen molar-refractivity contribution in [1.29, 1.82) is 0 Å². The van der Waals surface area contributed by atoms with E-state index in [1.54, 1.807) is 6.07 Å². The molecule has 0 aromatic heterocycles. The van der Waals surface area contributed by atoms with Gasteiger partial charge in [-0.15, -0.1) is 0 Å². The molecule has 0 bridgehead atoms. The Bertz CT molecular complexity index is 427. The highest BCUT2D eigenvalue weighted by atomic mass is 16.6. The van der Waals surface area contributed by atoms with Crippen molar-refractivity contribution in [3.05, 3.63) is 28.3 Å². The largest absolute Gasteiger partial charge is 0.395 e. The van der Waals surface area contributed by atoms with Gasteiger partial charge in [0.1, 0.15) is 5.69 Å². The average molecular weight is 271 g/mol. The van der Waals surface area contributed by atoms with Gasteiger partial charge in [0.05, 0.1) is 24.2 Å². The first-order chi connectivity index (χ1) is 9.08. The van der Waals surface area contributed by atoms with Gasteiger partial charge in [-0.25, -0.2) is 0 Å². The van der Waals surface area contributed by atoms with Crippen LogP contribution in [0.2, 0.25) is 0 Å². The van der Waals surface area contributed by atoms with Crippen LogP contribution in [-0.4, -0.2) is 52.7 Å². The van der Waals surface area contributed by atoms with E-state index >= 15 is 0 Å². The highest BCUT2D eigenvalue weighted by Crippen LogP contribution is 2.27. The number of rotatable bonds is 8. The second kappa shape index (κ2) is 7.52. The lowest BCUT2D eigenvalue weighted by Crippen LogP contribution is -2.23. The lowest BCUT2D eigenvalue weighted by molar-refractivity contribution is -0.383. The quantitative estimate of drug-likeness (QED) is 0.326. The zero-order chi connectivity index (χ0) is 14.3. The van der Waals surface area contributed by atoms with E-state index in [4.69, 9.17) is 10.2 Å². The van der Waals surface area contributed by atoms with Crippen LogP contribution in [0.5, 0.6) is 0 Å². The van der Waals surface area contributed by atoms with Crippen LogP contribution >= 0.6 is 0 Å². The summed E-state index contributed by atoms with van der Waals surface area (Å²) in [6.45, 7) is -0.179. The molecule has 0 heterocycles. The van der Waals surface area contributed by atoms with Gasteiger partial charge in [-0.3, -0.25) is 10.1 Å². The fourth-order valence-electron chi connectivity index (χ4n) is 1.43. The maximum atomic E-state index is 10.9. The first-order valence-electron chi connectivity index (χ1n) is 5.74. The van der Waals surface area contributed by atoms with Gasteiger partial charge in [0.2, 0.25) is 0 Å². The zero-order valence-corrected chi connectivity index (χ0v) is 10.2. The summed E-state index contributed by atoms with van der Waals surface area (Å²) >= 11 is 0. The van der Waals surface area contributed by atoms with Crippen LogP contribution in [0.3, 0.4) is 0 Å². The Morgan fingerprint density at radius 2 is 2.05 bits per heavy atom. The number of aliphatic hydroxyl groups is 3. The smallest absolute Gasteiger partial charge is 0.294 e. The van der Waals surface area contributed by atoms with Crippen molar-refractivity contribution >= 4 is 17.1 Å². The number of benzene rings is 1. The summed E-state index contributed by atoms with van der Waals surface area (Å²) in [6, 6.07) is 4.46. The number of hydrogen-bond acceptors (Lipinski definition) is 7. The molecule has 5 N–H and O–H groups in total. The molecule has 19 heavy (non-hydrogen) atoms. The van der Waals surface area contributed by atoms with Gasteiger partial charge in [0, 0.05) is 24.8 Å². The molecule has 1 aromatic rings. The van der Waals surface area contributed by atoms with Crippen LogP contribution < -0.4 is 10.6 Å². The Morgan fingerprint density at radius 1 is 1.32 bits per heavy atom. The van der Waals surface area contributed by atoms with Gasteiger partial charge in [-0.1, -0.05) is 0 Å². The predicted octanol–water partition coefficient (Wildman–Crippen LogP) is -0.236. The number of nitro benzene ring substituents is 1. The molecule has 1 atom stereocenters. The minimum absolute atomic E-state index is 0.0146. The third-order valence-electron chi connectivity index (χ3n) is 2.37. The summed E-state index contributed by atoms with van der Waals surface area (Å²) < 4.78 is 0. The molecule has 1 unspecified atom stereocenters. The van der Waals surface area contributed by atoms with Gasteiger partial charge >= 0.3 is 0 Å². The maximum absolute atomic E-state index is 10.9. The number of nitro groups is 1. The Labute approximate surface area is 109 Å². The van der Waals surface area contributed by atoms with Crippen LogP contribution in [-0.2, 0) is 0 Å². The van der Waals surface area contributed by atoms with Gasteiger partial charge in [0.25, 0.3) is 5.69 Å². The van der Waals surface area contributed by atoms with Crippen molar-refractivity contribution in [2.24, 2.45) is 0 Å². The standard InChI is InChI=1S/C11H17N3O5/c15-4-3-12-8-1-2-10(11(5-8)14(18)19)13-6-9(17)7-16/h1-2,5,9,12-13,15-17H,3-4,6-7H2. The van der Waals surface area contributed by atoms with E-state index in [1.807, 2.05) is 0 Å². The topological polar surface area (TPSA) is 128 Å². The third-order valence-corrected chi connectivity index (χ3v) is 2.37. The molecule has 0 saturated carbocycles. The fourth-order valence-corrected chi connectivity index (χ4v) is 1.43. The summed E-state index contributed by atoms with van der Waals surface area (Å²) in [4.78, 5) is 10.4. The fraction of sp³-hybridized carbons (Fsp3) is 0.455. The summed E-state index contributed by atoms with van der Waals surface area (Å²) in [5.41, 5.74) is 0.633. The molecule has 8 nitrogen and oxygen atoms in total. The first-order valence-corrected chi connectivity index (χ1v) is 5.74. The molecule has 106 valence electrons. The molecule has 0 aliphatic heterocycles. The molecule has 0 radical (unpaired) electrons. The second-order valence-electron chi connectivity index (χ2n) is 3.86. The third kappa shape index (κ3) is 4.70. The monoisotopic (exact) mass is 271 g/mol. The Balaban J connectivity index is 2.82. The Hall–Kier alpha value is -1.90. The number of hydrogen-bond donors (Lipinski definition) is 5. The van der Waals surface area contributed by atoms with Crippen LogP contribution in [0.25, 0.3) is 0 Å². The Kier molecular flexibility index (Phi) is 6.00. The SMILES string of the molecule is O=[N+]([O-])c1cc(NCCO)ccc1NCC(O)CO. The van der Waals surface area contributed by atoms with E-state index in [0.717, 1.165) is 0 Å². The van der Waals surface area contributed by atoms with Crippen LogP contribution in [0.4, 0.5) is 17.1 Å². The van der Waals surface area contributed by atoms with Crippen LogP contribution in [0.15, 0.2) is 18.2 Å². The summed E-state index contributed by atoms with van der Waals surface area (Å²) in [5, 5.41) is 43.0. The summed E-state index contributed by atoms with van der Waals surface area (Å²) in [7, 11) is 0. The molecule has 0 spiro atoms. The van der Waals surface area contributed by atoms with Crippen molar-refractivity contribution in [2.75, 3.05) is 36.9 Å². The Morgan fingerprint density at radius 3 is 2.63 bits per heavy atom. The average Bonchev–Trinajstić information content (AvgIpc) is 2.42. The van der Waals surface area contributed by atoms with Crippen LogP contribution in [0, 0.1) is 10.1 Å². The molecule has 0 fully saturated rings. The van der Waals surface area contributed by atoms with Crippen molar-refractivity contribution in [3.8, 4) is 0 Å². The predicted molar refractivity (Wildman–Crippen MR) is 70.3 cm³/mol. The number of nitrogens with zero attached hydrogens (tertiary/aromatic N) is 1. The summed E-state index contributed by atoms with van der Waals surface area (Å²) in [5.74, 6) is 0. The van der Waals surface area contributed by atoms with Gasteiger partial charge < -0.3 is 26.0 Å². The lowest BCUT2D eigenvalue weighted by atomic mass is 10.2. The van der Waals surface area contributed by atoms with E-state index in [1.165, 1.54) is 12.1 Å². The van der Waals surface area contributed by atoms with E-state index in [9.17, 15) is 15.2 Å². The molecule has 1 rings (SSSR count). The molecule has 0 saturated heterocycles. The van der Waals surface area contributed by atoms with Gasteiger partial charge in [-0.2, -0.15) is 0 Å². The number of aliphatic hydroxyl groups excluding tert-OH is 3. The molecular formula is C11H17N3O5. The molecular weight excluding hydrogens is 254 g/mol. The van der Waals surface area contributed by atoms with E-state index < -0.39 is 17.6 Å². The van der Waals surface area contributed by atoms with E-state index in [-0.39, 0.29) is 24.5 Å². The number of anilines is 2. The number of nitrogens with one attached hydrogen (secondary N) is 2. The highest BCUT2D eigenvalue weighted by molar-refractivity contribution is 5.67. The van der Waals surface area contributed by atoms with Crippen molar-refractivity contribution in [2.45, 2.75) is 6.10 Å². The van der Waals surface area contributed by atoms with E-state index in [2.05, 4.69) is 10.6 Å². The van der Waals surface area contributed by atoms with E-state index in [0.29, 0.717) is 12.2 Å². The normalized spacial score (nSPS) is 11.9. The molecule has 8 heteroatoms.